The minimum atomic E-state index is -0.753. The SMILES string of the molecule is CCOC(=O)C1(Nc2cccc(Br)c2)CCOC1. The van der Waals surface area contributed by atoms with E-state index in [9.17, 15) is 4.79 Å². The molecule has 1 aromatic carbocycles. The number of carbonyl (C=O) groups excluding carboxylic acids is 1. The van der Waals surface area contributed by atoms with Crippen molar-refractivity contribution in [2.24, 2.45) is 0 Å². The fraction of sp³-hybridized carbons (Fsp3) is 0.462. The Morgan fingerprint density at radius 3 is 3.06 bits per heavy atom. The molecule has 1 aliphatic rings. The molecule has 1 aromatic rings. The Morgan fingerprint density at radius 2 is 2.44 bits per heavy atom. The molecule has 1 N–H and O–H groups in total. The standard InChI is InChI=1S/C13H16BrNO3/c1-2-18-12(16)13(6-7-17-9-13)15-11-5-3-4-10(14)8-11/h3-5,8,15H,2,6-7,9H2,1H3. The number of esters is 1. The Labute approximate surface area is 115 Å². The molecule has 1 aliphatic heterocycles. The first-order valence-corrected chi connectivity index (χ1v) is 6.74. The van der Waals surface area contributed by atoms with Gasteiger partial charge in [-0.3, -0.25) is 0 Å². The highest BCUT2D eigenvalue weighted by molar-refractivity contribution is 9.10. The van der Waals surface area contributed by atoms with Crippen LogP contribution in [0.1, 0.15) is 13.3 Å². The molecule has 18 heavy (non-hydrogen) atoms. The average molecular weight is 314 g/mol. The largest absolute Gasteiger partial charge is 0.464 e. The molecule has 1 saturated heterocycles. The number of hydrogen-bond acceptors (Lipinski definition) is 4. The van der Waals surface area contributed by atoms with Crippen molar-refractivity contribution in [3.05, 3.63) is 28.7 Å². The smallest absolute Gasteiger partial charge is 0.334 e. The number of nitrogens with one attached hydrogen (secondary N) is 1. The van der Waals surface area contributed by atoms with Gasteiger partial charge in [-0.05, 0) is 25.1 Å². The predicted molar refractivity (Wildman–Crippen MR) is 72.6 cm³/mol. The normalized spacial score (nSPS) is 22.8. The summed E-state index contributed by atoms with van der Waals surface area (Å²) in [7, 11) is 0. The summed E-state index contributed by atoms with van der Waals surface area (Å²) in [5.41, 5.74) is 0.125. The van der Waals surface area contributed by atoms with Crippen molar-refractivity contribution >= 4 is 27.6 Å². The monoisotopic (exact) mass is 313 g/mol. The molecular formula is C13H16BrNO3. The molecule has 1 unspecified atom stereocenters. The fourth-order valence-corrected chi connectivity index (χ4v) is 2.39. The van der Waals surface area contributed by atoms with Crippen molar-refractivity contribution in [2.45, 2.75) is 18.9 Å². The van der Waals surface area contributed by atoms with Crippen molar-refractivity contribution in [1.82, 2.24) is 0 Å². The molecule has 0 bridgehead atoms. The number of hydrogen-bond donors (Lipinski definition) is 1. The van der Waals surface area contributed by atoms with Gasteiger partial charge in [-0.25, -0.2) is 4.79 Å². The lowest BCUT2D eigenvalue weighted by atomic mass is 9.98. The fourth-order valence-electron chi connectivity index (χ4n) is 1.99. The number of halogens is 1. The summed E-state index contributed by atoms with van der Waals surface area (Å²) in [5, 5.41) is 3.25. The van der Waals surface area contributed by atoms with Gasteiger partial charge in [-0.1, -0.05) is 22.0 Å². The van der Waals surface area contributed by atoms with E-state index in [0.29, 0.717) is 26.2 Å². The Morgan fingerprint density at radius 1 is 1.61 bits per heavy atom. The zero-order chi connectivity index (χ0) is 13.0. The van der Waals surface area contributed by atoms with Gasteiger partial charge in [0.05, 0.1) is 13.2 Å². The Balaban J connectivity index is 2.18. The van der Waals surface area contributed by atoms with E-state index in [1.165, 1.54) is 0 Å². The highest BCUT2D eigenvalue weighted by atomic mass is 79.9. The van der Waals surface area contributed by atoms with Crippen molar-refractivity contribution in [1.29, 1.82) is 0 Å². The summed E-state index contributed by atoms with van der Waals surface area (Å²) in [6.07, 6.45) is 0.623. The molecule has 0 amide bonds. The summed E-state index contributed by atoms with van der Waals surface area (Å²) < 4.78 is 11.5. The van der Waals surface area contributed by atoms with Crippen LogP contribution in [0.25, 0.3) is 0 Å². The van der Waals surface area contributed by atoms with Gasteiger partial charge in [-0.15, -0.1) is 0 Å². The molecule has 0 aliphatic carbocycles. The van der Waals surface area contributed by atoms with Crippen LogP contribution in [0, 0.1) is 0 Å². The van der Waals surface area contributed by atoms with Crippen molar-refractivity contribution in [2.75, 3.05) is 25.1 Å². The Hall–Kier alpha value is -1.07. The van der Waals surface area contributed by atoms with Gasteiger partial charge in [0.15, 0.2) is 5.54 Å². The first-order valence-electron chi connectivity index (χ1n) is 5.95. The zero-order valence-electron chi connectivity index (χ0n) is 10.2. The van der Waals surface area contributed by atoms with Crippen LogP contribution in [0.4, 0.5) is 5.69 Å². The van der Waals surface area contributed by atoms with Crippen LogP contribution in [-0.4, -0.2) is 31.3 Å². The molecule has 4 nitrogen and oxygen atoms in total. The van der Waals surface area contributed by atoms with Gasteiger partial charge in [-0.2, -0.15) is 0 Å². The van der Waals surface area contributed by atoms with E-state index < -0.39 is 5.54 Å². The molecule has 1 fully saturated rings. The number of carbonyl (C=O) groups is 1. The Bertz CT molecular complexity index is 430. The lowest BCUT2D eigenvalue weighted by Gasteiger charge is -2.27. The van der Waals surface area contributed by atoms with Crippen LogP contribution >= 0.6 is 15.9 Å². The number of ether oxygens (including phenoxy) is 2. The highest BCUT2D eigenvalue weighted by Crippen LogP contribution is 2.27. The minimum absolute atomic E-state index is 0.248. The number of rotatable bonds is 4. The van der Waals surface area contributed by atoms with Gasteiger partial charge >= 0.3 is 5.97 Å². The summed E-state index contributed by atoms with van der Waals surface area (Å²) >= 11 is 3.41. The maximum Gasteiger partial charge on any atom is 0.334 e. The third-order valence-electron chi connectivity index (χ3n) is 2.90. The van der Waals surface area contributed by atoms with E-state index >= 15 is 0 Å². The van der Waals surface area contributed by atoms with Crippen LogP contribution in [0.3, 0.4) is 0 Å². The number of benzene rings is 1. The van der Waals surface area contributed by atoms with E-state index in [4.69, 9.17) is 9.47 Å². The first kappa shape index (κ1) is 13.4. The van der Waals surface area contributed by atoms with E-state index in [-0.39, 0.29) is 5.97 Å². The second kappa shape index (κ2) is 5.71. The van der Waals surface area contributed by atoms with Gasteiger partial charge in [0.25, 0.3) is 0 Å². The van der Waals surface area contributed by atoms with E-state index in [1.807, 2.05) is 24.3 Å². The van der Waals surface area contributed by atoms with Gasteiger partial charge in [0.2, 0.25) is 0 Å². The van der Waals surface area contributed by atoms with E-state index in [2.05, 4.69) is 21.2 Å². The van der Waals surface area contributed by atoms with Crippen molar-refractivity contribution < 1.29 is 14.3 Å². The number of anilines is 1. The summed E-state index contributed by atoms with van der Waals surface area (Å²) in [4.78, 5) is 12.1. The van der Waals surface area contributed by atoms with Crippen LogP contribution in [0.2, 0.25) is 0 Å². The van der Waals surface area contributed by atoms with E-state index in [1.54, 1.807) is 6.92 Å². The van der Waals surface area contributed by atoms with Crippen LogP contribution in [0.15, 0.2) is 28.7 Å². The predicted octanol–water partition coefficient (Wildman–Crippen LogP) is 2.58. The summed E-state index contributed by atoms with van der Waals surface area (Å²) in [6.45, 7) is 3.10. The Kier molecular flexibility index (Phi) is 4.24. The highest BCUT2D eigenvalue weighted by Gasteiger charge is 2.43. The average Bonchev–Trinajstić information content (AvgIpc) is 2.79. The molecule has 0 radical (unpaired) electrons. The van der Waals surface area contributed by atoms with Crippen LogP contribution < -0.4 is 5.32 Å². The minimum Gasteiger partial charge on any atom is -0.464 e. The van der Waals surface area contributed by atoms with Gasteiger partial charge in [0, 0.05) is 23.2 Å². The van der Waals surface area contributed by atoms with Gasteiger partial charge in [0.1, 0.15) is 0 Å². The molecular weight excluding hydrogens is 298 g/mol. The van der Waals surface area contributed by atoms with Crippen LogP contribution in [0.5, 0.6) is 0 Å². The second-order valence-corrected chi connectivity index (χ2v) is 5.16. The van der Waals surface area contributed by atoms with Crippen molar-refractivity contribution in [3.63, 3.8) is 0 Å². The van der Waals surface area contributed by atoms with Gasteiger partial charge < -0.3 is 14.8 Å². The second-order valence-electron chi connectivity index (χ2n) is 4.24. The maximum absolute atomic E-state index is 12.1. The molecule has 0 saturated carbocycles. The third kappa shape index (κ3) is 2.84. The lowest BCUT2D eigenvalue weighted by molar-refractivity contribution is -0.148. The van der Waals surface area contributed by atoms with Crippen LogP contribution in [-0.2, 0) is 14.3 Å². The molecule has 0 spiro atoms. The zero-order valence-corrected chi connectivity index (χ0v) is 11.8. The molecule has 2 rings (SSSR count). The summed E-state index contributed by atoms with van der Waals surface area (Å²) in [6, 6.07) is 7.71. The molecule has 0 aromatic heterocycles. The molecule has 1 heterocycles. The first-order chi connectivity index (χ1) is 8.66. The summed E-state index contributed by atoms with van der Waals surface area (Å²) in [5.74, 6) is -0.248. The topological polar surface area (TPSA) is 47.6 Å². The van der Waals surface area contributed by atoms with Crippen molar-refractivity contribution in [3.8, 4) is 0 Å². The molecule has 5 heteroatoms. The quantitative estimate of drug-likeness (QED) is 0.868. The maximum atomic E-state index is 12.1. The molecule has 98 valence electrons. The third-order valence-corrected chi connectivity index (χ3v) is 3.39. The lowest BCUT2D eigenvalue weighted by Crippen LogP contribution is -2.48. The molecule has 1 atom stereocenters. The van der Waals surface area contributed by atoms with E-state index in [0.717, 1.165) is 10.2 Å².